The van der Waals surface area contributed by atoms with E-state index >= 15 is 0 Å². The van der Waals surface area contributed by atoms with Crippen LogP contribution in [0.5, 0.6) is 0 Å². The molecule has 10 rings (SSSR count). The number of nitrogens with zero attached hydrogens (tertiary/aromatic N) is 3. The van der Waals surface area contributed by atoms with Crippen molar-refractivity contribution in [3.63, 3.8) is 0 Å². The van der Waals surface area contributed by atoms with Gasteiger partial charge in [0.15, 0.2) is 5.78 Å². The van der Waals surface area contributed by atoms with E-state index in [2.05, 4.69) is 93.2 Å². The van der Waals surface area contributed by atoms with Crippen LogP contribution in [-0.4, -0.2) is 76.1 Å². The van der Waals surface area contributed by atoms with Crippen LogP contribution in [0.4, 0.5) is 17.5 Å². The zero-order valence-electron chi connectivity index (χ0n) is 52.1. The summed E-state index contributed by atoms with van der Waals surface area (Å²) in [5, 5.41) is 26.5. The molecule has 458 valence electrons. The number of benzene rings is 3. The number of carboxylic acids is 1. The first-order valence-electron chi connectivity index (χ1n) is 31.1. The molecule has 15 heteroatoms. The third-order valence-corrected chi connectivity index (χ3v) is 19.9. The monoisotopic (exact) mass is 1200 g/mol. The fourth-order valence-electron chi connectivity index (χ4n) is 13.3. The van der Waals surface area contributed by atoms with E-state index in [1.165, 1.54) is 65.6 Å². The van der Waals surface area contributed by atoms with Crippen LogP contribution in [0.25, 0.3) is 32.3 Å². The maximum atomic E-state index is 13.0. The second kappa shape index (κ2) is 28.2. The fraction of sp³-hybridized carbons (Fsp3) is 0.557. The number of aliphatic carboxylic acids is 1. The molecule has 4 aliphatic rings. The lowest BCUT2D eigenvalue weighted by Crippen LogP contribution is -2.31. The Hall–Kier alpha value is -6.05. The van der Waals surface area contributed by atoms with E-state index in [0.29, 0.717) is 92.0 Å². The Morgan fingerprint density at radius 2 is 0.871 bits per heavy atom. The van der Waals surface area contributed by atoms with Gasteiger partial charge in [0, 0.05) is 75.6 Å². The molecule has 0 spiro atoms. The van der Waals surface area contributed by atoms with Crippen molar-refractivity contribution in [1.82, 2.24) is 15.0 Å². The summed E-state index contributed by atoms with van der Waals surface area (Å²) in [6.45, 7) is 21.0. The summed E-state index contributed by atoms with van der Waals surface area (Å²) in [7, 11) is 2.78. The van der Waals surface area contributed by atoms with Gasteiger partial charge in [0.1, 0.15) is 17.5 Å². The van der Waals surface area contributed by atoms with Gasteiger partial charge in [-0.15, -0.1) is 0 Å². The van der Waals surface area contributed by atoms with E-state index in [1.807, 2.05) is 54.9 Å². The van der Waals surface area contributed by atoms with Gasteiger partial charge in [0.25, 0.3) is 0 Å². The molecule has 4 N–H and O–H groups in total. The number of anilines is 3. The number of aromatic nitrogens is 3. The molecule has 85 heavy (non-hydrogen) atoms. The van der Waals surface area contributed by atoms with Crippen LogP contribution < -0.4 is 16.0 Å². The van der Waals surface area contributed by atoms with Gasteiger partial charge in [0.05, 0.1) is 41.3 Å². The van der Waals surface area contributed by atoms with E-state index in [9.17, 15) is 24.3 Å². The van der Waals surface area contributed by atoms with Crippen molar-refractivity contribution < 1.29 is 33.8 Å². The number of ketones is 1. The smallest absolute Gasteiger partial charge is 0.337 e. The number of hydrogen-bond acceptors (Lipinski definition) is 12. The number of Topliss-reactive ketones (excluding diaryl/α,β-unsaturated/α-hetero) is 1. The molecule has 0 aliphatic heterocycles. The number of pyridine rings is 3. The summed E-state index contributed by atoms with van der Waals surface area (Å²) in [4.78, 5) is 61.3. The molecule has 4 aliphatic carbocycles. The Morgan fingerprint density at radius 3 is 1.29 bits per heavy atom. The number of carboxylic acid groups (broad SMARTS) is 1. The minimum absolute atomic E-state index is 0.101. The molecule has 0 radical (unpaired) electrons. The number of carbonyl (C=O) groups excluding carboxylic acids is 3. The van der Waals surface area contributed by atoms with Crippen molar-refractivity contribution in [3.8, 4) is 0 Å². The lowest BCUT2D eigenvalue weighted by atomic mass is 9.71. The van der Waals surface area contributed by atoms with Gasteiger partial charge in [-0.05, 0) is 184 Å². The number of esters is 2. The molecule has 3 heterocycles. The average molecular weight is 1200 g/mol. The summed E-state index contributed by atoms with van der Waals surface area (Å²) in [6.07, 6.45) is 23.1. The van der Waals surface area contributed by atoms with Gasteiger partial charge in [-0.3, -0.25) is 9.59 Å². The molecule has 6 aromatic rings. The SMILES string of the molecule is CC(C)(C)C1CCC(Nc2ncc3ccc(C(=O)CC4CCC(C(=O)O)CC4)cc3c2Cl)CC1.COC(=O)c1ccc2cnc(NC3CCC(C(C)(C)C)CC3)c(Cl)c2c1.COC(=O)c1ccc2cnc(NC3CCC(C(C)(C)C)CC3)cc2c1. The van der Waals surface area contributed by atoms with Crippen molar-refractivity contribution in [2.75, 3.05) is 30.2 Å². The Morgan fingerprint density at radius 1 is 0.482 bits per heavy atom. The molecule has 0 amide bonds. The molecular weight excluding hydrogens is 1110 g/mol. The van der Waals surface area contributed by atoms with Crippen molar-refractivity contribution >= 4 is 96.7 Å². The van der Waals surface area contributed by atoms with E-state index < -0.39 is 5.97 Å². The summed E-state index contributed by atoms with van der Waals surface area (Å²) in [5.74, 6) is 3.31. The predicted octanol–water partition coefficient (Wildman–Crippen LogP) is 18.1. The number of methoxy groups -OCH3 is 2. The van der Waals surface area contributed by atoms with Crippen LogP contribution in [0.15, 0.2) is 79.3 Å². The Balaban J connectivity index is 0.000000169. The number of nitrogens with one attached hydrogen (secondary N) is 3. The Kier molecular flexibility index (Phi) is 21.5. The molecule has 0 unspecified atom stereocenters. The van der Waals surface area contributed by atoms with Crippen molar-refractivity contribution in [2.24, 2.45) is 45.8 Å². The minimum atomic E-state index is -0.714. The number of halogens is 2. The first kappa shape index (κ1) is 64.9. The summed E-state index contributed by atoms with van der Waals surface area (Å²) < 4.78 is 9.61. The number of ether oxygens (including phenoxy) is 2. The van der Waals surface area contributed by atoms with E-state index in [0.717, 1.165) is 94.4 Å². The molecule has 4 saturated carbocycles. The third-order valence-electron chi connectivity index (χ3n) is 19.1. The van der Waals surface area contributed by atoms with Crippen LogP contribution in [0, 0.1) is 45.8 Å². The number of fused-ring (bicyclic) bond motifs is 3. The minimum Gasteiger partial charge on any atom is -0.481 e. The molecule has 0 bridgehead atoms. The van der Waals surface area contributed by atoms with Gasteiger partial charge in [-0.2, -0.15) is 0 Å². The zero-order chi connectivity index (χ0) is 61.4. The zero-order valence-corrected chi connectivity index (χ0v) is 53.7. The standard InChI is InChI=1S/C28H37ClN2O3.C21H27ClN2O2.C21H28N2O2/c1-28(2,3)21-10-12-22(13-11-21)31-26-25(29)23-15-19(8-9-20(23)16-30-26)24(32)14-17-4-6-18(7-5-17)27(33)34;1-21(2,3)15-7-9-16(10-8-15)24-19-18(22)17-11-13(20(25)26-4)5-6-14(17)12-23-19;1-21(2,3)17-7-9-18(10-8-17)23-19-12-16-11-14(20(24)25-4)5-6-15(16)13-22-19/h8-9,15-18,21-22H,4-7,10-14H2,1-3H3,(H,30,31)(H,33,34);5-6,11-12,15-16H,7-10H2,1-4H3,(H,23,24);5-6,11-13,17-18H,7-10H2,1-4H3,(H,22,23). The highest BCUT2D eigenvalue weighted by molar-refractivity contribution is 6.38. The highest BCUT2D eigenvalue weighted by Crippen LogP contribution is 2.43. The maximum absolute atomic E-state index is 13.0. The lowest BCUT2D eigenvalue weighted by Gasteiger charge is -2.37. The van der Waals surface area contributed by atoms with Crippen LogP contribution in [0.1, 0.15) is 203 Å². The van der Waals surface area contributed by atoms with Crippen LogP contribution in [0.3, 0.4) is 0 Å². The topological polar surface area (TPSA) is 182 Å². The van der Waals surface area contributed by atoms with Crippen molar-refractivity contribution in [3.05, 3.63) is 106 Å². The summed E-state index contributed by atoms with van der Waals surface area (Å²) in [5.41, 5.74) is 2.84. The molecule has 0 saturated heterocycles. The number of rotatable bonds is 12. The highest BCUT2D eigenvalue weighted by Gasteiger charge is 2.33. The van der Waals surface area contributed by atoms with Crippen molar-refractivity contribution in [2.45, 2.75) is 190 Å². The number of hydrogen-bond donors (Lipinski definition) is 4. The quantitative estimate of drug-likeness (QED) is 0.0672. The van der Waals surface area contributed by atoms with Crippen molar-refractivity contribution in [1.29, 1.82) is 0 Å². The first-order chi connectivity index (χ1) is 40.3. The van der Waals surface area contributed by atoms with E-state index in [1.54, 1.807) is 24.4 Å². The summed E-state index contributed by atoms with van der Waals surface area (Å²) >= 11 is 13.4. The molecule has 13 nitrogen and oxygen atoms in total. The summed E-state index contributed by atoms with van der Waals surface area (Å²) in [6, 6.07) is 19.8. The van der Waals surface area contributed by atoms with Gasteiger partial charge < -0.3 is 30.5 Å². The van der Waals surface area contributed by atoms with Gasteiger partial charge >= 0.3 is 17.9 Å². The molecule has 3 aromatic heterocycles. The van der Waals surface area contributed by atoms with Gasteiger partial charge in [-0.25, -0.2) is 24.5 Å². The second-order valence-electron chi connectivity index (χ2n) is 27.9. The molecule has 4 fully saturated rings. The third kappa shape index (κ3) is 17.1. The average Bonchev–Trinajstić information content (AvgIpc) is 2.29. The van der Waals surface area contributed by atoms with E-state index in [4.69, 9.17) is 32.7 Å². The molecular formula is C70H92Cl2N6O7. The largest absolute Gasteiger partial charge is 0.481 e. The van der Waals surface area contributed by atoms with Crippen LogP contribution >= 0.6 is 23.2 Å². The van der Waals surface area contributed by atoms with Crippen LogP contribution in [-0.2, 0) is 14.3 Å². The molecule has 0 atom stereocenters. The Labute approximate surface area is 514 Å². The number of carbonyl (C=O) groups is 4. The highest BCUT2D eigenvalue weighted by atomic mass is 35.5. The lowest BCUT2D eigenvalue weighted by molar-refractivity contribution is -0.143. The fourth-order valence-corrected chi connectivity index (χ4v) is 13.9. The van der Waals surface area contributed by atoms with E-state index in [-0.39, 0.29) is 29.6 Å². The van der Waals surface area contributed by atoms with Gasteiger partial charge in [-0.1, -0.05) is 110 Å². The maximum Gasteiger partial charge on any atom is 0.337 e. The normalized spacial score (nSPS) is 22.9. The Bertz CT molecular complexity index is 3300. The van der Waals surface area contributed by atoms with Gasteiger partial charge in [0.2, 0.25) is 0 Å². The second-order valence-corrected chi connectivity index (χ2v) is 28.7. The van der Waals surface area contributed by atoms with Crippen LogP contribution in [0.2, 0.25) is 10.0 Å². The molecule has 3 aromatic carbocycles. The first-order valence-corrected chi connectivity index (χ1v) is 31.8. The predicted molar refractivity (Wildman–Crippen MR) is 346 cm³/mol.